The molecule has 21 heavy (non-hydrogen) atoms. The molecule has 2 rings (SSSR count). The first-order chi connectivity index (χ1) is 9.88. The Morgan fingerprint density at radius 2 is 1.86 bits per heavy atom. The number of benzene rings is 1. The van der Waals surface area contributed by atoms with Gasteiger partial charge in [-0.05, 0) is 23.8 Å². The van der Waals surface area contributed by atoms with Crippen LogP contribution in [0.5, 0.6) is 0 Å². The number of carbonyl (C=O) groups excluding carboxylic acids is 1. The van der Waals surface area contributed by atoms with Crippen LogP contribution in [0.25, 0.3) is 0 Å². The summed E-state index contributed by atoms with van der Waals surface area (Å²) >= 11 is 23.7. The highest BCUT2D eigenvalue weighted by molar-refractivity contribution is 6.35. The van der Waals surface area contributed by atoms with Gasteiger partial charge in [-0.3, -0.25) is 4.79 Å². The van der Waals surface area contributed by atoms with Crippen molar-refractivity contribution < 1.29 is 4.79 Å². The Kier molecular flexibility index (Phi) is 5.33. The van der Waals surface area contributed by atoms with Crippen LogP contribution < -0.4 is 0 Å². The molecule has 1 heterocycles. The second-order valence-electron chi connectivity index (χ2n) is 4.38. The summed E-state index contributed by atoms with van der Waals surface area (Å²) < 4.78 is 0. The highest BCUT2D eigenvalue weighted by atomic mass is 35.5. The highest BCUT2D eigenvalue weighted by Crippen LogP contribution is 2.24. The van der Waals surface area contributed by atoms with E-state index in [2.05, 4.69) is 4.98 Å². The monoisotopic (exact) mass is 362 g/mol. The fourth-order valence-corrected chi connectivity index (χ4v) is 2.57. The zero-order valence-corrected chi connectivity index (χ0v) is 13.9. The molecule has 3 nitrogen and oxygen atoms in total. The van der Waals surface area contributed by atoms with E-state index in [9.17, 15) is 4.79 Å². The van der Waals surface area contributed by atoms with Crippen molar-refractivity contribution in [1.82, 2.24) is 9.88 Å². The maximum Gasteiger partial charge on any atom is 0.255 e. The summed E-state index contributed by atoms with van der Waals surface area (Å²) in [5.41, 5.74) is 1.08. The molecule has 1 amide bonds. The van der Waals surface area contributed by atoms with Crippen molar-refractivity contribution in [1.29, 1.82) is 0 Å². The molecule has 1 aromatic carbocycles. The third-order valence-electron chi connectivity index (χ3n) is 2.82. The molecular formula is C14H10Cl4N2O. The lowest BCUT2D eigenvalue weighted by atomic mass is 10.2. The van der Waals surface area contributed by atoms with Crippen molar-refractivity contribution in [2.45, 2.75) is 6.54 Å². The van der Waals surface area contributed by atoms with Crippen LogP contribution in [-0.4, -0.2) is 22.8 Å². The Bertz CT molecular complexity index is 691. The van der Waals surface area contributed by atoms with Crippen LogP contribution in [0.1, 0.15) is 15.9 Å². The molecule has 0 aliphatic heterocycles. The molecule has 0 spiro atoms. The number of nitrogens with zero attached hydrogens (tertiary/aromatic N) is 2. The second-order valence-corrected chi connectivity index (χ2v) is 6.02. The van der Waals surface area contributed by atoms with Gasteiger partial charge in [0.2, 0.25) is 0 Å². The summed E-state index contributed by atoms with van der Waals surface area (Å²) in [5.74, 6) is -0.268. The van der Waals surface area contributed by atoms with E-state index in [1.54, 1.807) is 25.2 Å². The first-order valence-electron chi connectivity index (χ1n) is 5.89. The fraction of sp³-hybridized carbons (Fsp3) is 0.143. The Morgan fingerprint density at radius 1 is 1.14 bits per heavy atom. The van der Waals surface area contributed by atoms with Gasteiger partial charge in [-0.1, -0.05) is 52.5 Å². The number of pyridine rings is 1. The van der Waals surface area contributed by atoms with Crippen LogP contribution in [0.15, 0.2) is 30.5 Å². The first-order valence-corrected chi connectivity index (χ1v) is 7.40. The maximum absolute atomic E-state index is 12.4. The van der Waals surface area contributed by atoms with E-state index in [-0.39, 0.29) is 16.1 Å². The number of halogens is 4. The Hall–Kier alpha value is -1.00. The number of aromatic nitrogens is 1. The third-order valence-corrected chi connectivity index (χ3v) is 3.92. The minimum atomic E-state index is -0.268. The molecule has 110 valence electrons. The molecule has 0 saturated heterocycles. The van der Waals surface area contributed by atoms with Gasteiger partial charge in [-0.2, -0.15) is 0 Å². The van der Waals surface area contributed by atoms with Crippen molar-refractivity contribution in [3.05, 3.63) is 61.8 Å². The van der Waals surface area contributed by atoms with E-state index < -0.39 is 0 Å². The molecule has 0 saturated carbocycles. The van der Waals surface area contributed by atoms with E-state index in [4.69, 9.17) is 46.4 Å². The molecule has 0 radical (unpaired) electrons. The van der Waals surface area contributed by atoms with Gasteiger partial charge >= 0.3 is 0 Å². The molecule has 0 N–H and O–H groups in total. The second kappa shape index (κ2) is 6.84. The van der Waals surface area contributed by atoms with Gasteiger partial charge in [0.1, 0.15) is 5.15 Å². The van der Waals surface area contributed by atoms with E-state index in [1.807, 2.05) is 0 Å². The highest BCUT2D eigenvalue weighted by Gasteiger charge is 2.17. The van der Waals surface area contributed by atoms with Crippen LogP contribution >= 0.6 is 46.4 Å². The lowest BCUT2D eigenvalue weighted by molar-refractivity contribution is 0.0785. The van der Waals surface area contributed by atoms with Gasteiger partial charge < -0.3 is 4.90 Å². The third kappa shape index (κ3) is 4.01. The molecule has 1 aromatic heterocycles. The summed E-state index contributed by atoms with van der Waals surface area (Å²) in [6.07, 6.45) is 1.35. The zero-order chi connectivity index (χ0) is 15.6. The topological polar surface area (TPSA) is 33.2 Å². The number of amides is 1. The predicted octanol–water partition coefficient (Wildman–Crippen LogP) is 4.97. The maximum atomic E-state index is 12.4. The molecule has 2 aromatic rings. The van der Waals surface area contributed by atoms with Gasteiger partial charge in [0, 0.05) is 29.8 Å². The Morgan fingerprint density at radius 3 is 2.52 bits per heavy atom. The number of hydrogen-bond donors (Lipinski definition) is 0. The van der Waals surface area contributed by atoms with Gasteiger partial charge in [-0.15, -0.1) is 0 Å². The Balaban J connectivity index is 2.21. The molecule has 0 aliphatic rings. The zero-order valence-electron chi connectivity index (χ0n) is 10.9. The minimum absolute atomic E-state index is 0.209. The smallest absolute Gasteiger partial charge is 0.255 e. The van der Waals surface area contributed by atoms with Crippen molar-refractivity contribution in [2.75, 3.05) is 7.05 Å². The van der Waals surface area contributed by atoms with E-state index >= 15 is 0 Å². The van der Waals surface area contributed by atoms with Crippen LogP contribution in [0.3, 0.4) is 0 Å². The predicted molar refractivity (Wildman–Crippen MR) is 86.5 cm³/mol. The largest absolute Gasteiger partial charge is 0.337 e. The summed E-state index contributed by atoms with van der Waals surface area (Å²) in [5, 5.41) is 1.50. The van der Waals surface area contributed by atoms with Crippen LogP contribution in [0, 0.1) is 0 Å². The van der Waals surface area contributed by atoms with Gasteiger partial charge in [0.15, 0.2) is 0 Å². The average molecular weight is 364 g/mol. The van der Waals surface area contributed by atoms with Gasteiger partial charge in [-0.25, -0.2) is 4.98 Å². The molecule has 7 heteroatoms. The van der Waals surface area contributed by atoms with Gasteiger partial charge in [0.05, 0.1) is 10.6 Å². The normalized spacial score (nSPS) is 10.5. The lowest BCUT2D eigenvalue weighted by Gasteiger charge is -2.19. The number of hydrogen-bond acceptors (Lipinski definition) is 2. The SMILES string of the molecule is CN(Cc1ccc(Cl)cc1Cl)C(=O)c1cc(Cl)ncc1Cl. The van der Waals surface area contributed by atoms with E-state index in [0.717, 1.165) is 5.56 Å². The first kappa shape index (κ1) is 16.4. The molecule has 0 fully saturated rings. The van der Waals surface area contributed by atoms with E-state index in [0.29, 0.717) is 22.2 Å². The van der Waals surface area contributed by atoms with E-state index in [1.165, 1.54) is 17.2 Å². The fourth-order valence-electron chi connectivity index (χ4n) is 1.76. The van der Waals surface area contributed by atoms with Crippen molar-refractivity contribution in [3.8, 4) is 0 Å². The summed E-state index contributed by atoms with van der Waals surface area (Å²) in [6.45, 7) is 0.325. The molecule has 0 atom stereocenters. The van der Waals surface area contributed by atoms with Gasteiger partial charge in [0.25, 0.3) is 5.91 Å². The minimum Gasteiger partial charge on any atom is -0.337 e. The molecule has 0 aliphatic carbocycles. The van der Waals surface area contributed by atoms with Crippen LogP contribution in [0.2, 0.25) is 20.2 Å². The quantitative estimate of drug-likeness (QED) is 0.721. The number of rotatable bonds is 3. The van der Waals surface area contributed by atoms with Crippen LogP contribution in [-0.2, 0) is 6.54 Å². The lowest BCUT2D eigenvalue weighted by Crippen LogP contribution is -2.26. The average Bonchev–Trinajstić information content (AvgIpc) is 2.43. The van der Waals surface area contributed by atoms with Crippen molar-refractivity contribution in [2.24, 2.45) is 0 Å². The Labute approximate surface area is 142 Å². The molecular weight excluding hydrogens is 354 g/mol. The molecule has 0 unspecified atom stereocenters. The summed E-state index contributed by atoms with van der Waals surface area (Å²) in [4.78, 5) is 17.7. The van der Waals surface area contributed by atoms with Crippen molar-refractivity contribution >= 4 is 52.3 Å². The summed E-state index contributed by atoms with van der Waals surface area (Å²) in [6, 6.07) is 6.56. The number of carbonyl (C=O) groups is 1. The molecule has 0 bridgehead atoms. The standard InChI is InChI=1S/C14H10Cl4N2O/c1-20(7-8-2-3-9(15)4-11(8)16)14(21)10-5-13(18)19-6-12(10)17/h2-6H,7H2,1H3. The van der Waals surface area contributed by atoms with Crippen molar-refractivity contribution in [3.63, 3.8) is 0 Å². The summed E-state index contributed by atoms with van der Waals surface area (Å²) in [7, 11) is 1.65. The van der Waals surface area contributed by atoms with Crippen LogP contribution in [0.4, 0.5) is 0 Å².